The fourth-order valence-electron chi connectivity index (χ4n) is 2.04. The molecule has 0 radical (unpaired) electrons. The summed E-state index contributed by atoms with van der Waals surface area (Å²) < 4.78 is 12.8. The van der Waals surface area contributed by atoms with E-state index in [4.69, 9.17) is 0 Å². The van der Waals surface area contributed by atoms with Gasteiger partial charge in [-0.05, 0) is 49.1 Å². The third-order valence-electron chi connectivity index (χ3n) is 3.24. The van der Waals surface area contributed by atoms with E-state index in [1.165, 1.54) is 33.9 Å². The number of rotatable bonds is 5. The summed E-state index contributed by atoms with van der Waals surface area (Å²) in [6, 6.07) is 8.33. The average Bonchev–Trinajstić information content (AvgIpc) is 2.82. The first kappa shape index (κ1) is 14.7. The van der Waals surface area contributed by atoms with Gasteiger partial charge in [0, 0.05) is 11.4 Å². The van der Waals surface area contributed by atoms with Gasteiger partial charge in [0.15, 0.2) is 0 Å². The Morgan fingerprint density at radius 2 is 2.00 bits per heavy atom. The Bertz CT molecular complexity index is 589. The van der Waals surface area contributed by atoms with Crippen LogP contribution in [0.2, 0.25) is 0 Å². The highest BCUT2D eigenvalue weighted by molar-refractivity contribution is 7.14. The molecule has 0 aliphatic carbocycles. The van der Waals surface area contributed by atoms with Crippen molar-refractivity contribution in [3.63, 3.8) is 0 Å². The second-order valence-electron chi connectivity index (χ2n) is 4.68. The quantitative estimate of drug-likeness (QED) is 0.893. The molecule has 1 aromatic carbocycles. The van der Waals surface area contributed by atoms with Crippen molar-refractivity contribution in [1.82, 2.24) is 5.32 Å². The molecule has 0 saturated heterocycles. The molecule has 0 aliphatic rings. The van der Waals surface area contributed by atoms with E-state index in [0.29, 0.717) is 13.0 Å². The van der Waals surface area contributed by atoms with Crippen molar-refractivity contribution >= 4 is 17.2 Å². The molecule has 0 spiro atoms. The Labute approximate surface area is 122 Å². The highest BCUT2D eigenvalue weighted by Crippen LogP contribution is 2.21. The van der Waals surface area contributed by atoms with Gasteiger partial charge in [-0.25, -0.2) is 4.39 Å². The minimum Gasteiger partial charge on any atom is -0.351 e. The van der Waals surface area contributed by atoms with E-state index in [1.807, 2.05) is 13.0 Å². The van der Waals surface area contributed by atoms with Crippen LogP contribution in [0.15, 0.2) is 30.3 Å². The SMILES string of the molecule is CCc1cc(C(=O)NCCc2ccc(F)cc2)sc1C. The summed E-state index contributed by atoms with van der Waals surface area (Å²) in [5.74, 6) is -0.265. The maximum Gasteiger partial charge on any atom is 0.261 e. The standard InChI is InChI=1S/C16H18FNOS/c1-3-13-10-15(20-11(13)2)16(19)18-9-8-12-4-6-14(17)7-5-12/h4-7,10H,3,8-9H2,1-2H3,(H,18,19). The van der Waals surface area contributed by atoms with E-state index < -0.39 is 0 Å². The number of thiophene rings is 1. The second-order valence-corrected chi connectivity index (χ2v) is 5.93. The summed E-state index contributed by atoms with van der Waals surface area (Å²) in [5.41, 5.74) is 2.25. The van der Waals surface area contributed by atoms with Gasteiger partial charge in [0.2, 0.25) is 0 Å². The Balaban J connectivity index is 1.87. The van der Waals surface area contributed by atoms with Gasteiger partial charge in [0.25, 0.3) is 5.91 Å². The monoisotopic (exact) mass is 291 g/mol. The van der Waals surface area contributed by atoms with Crippen LogP contribution in [0.4, 0.5) is 4.39 Å². The zero-order chi connectivity index (χ0) is 14.5. The van der Waals surface area contributed by atoms with Crippen molar-refractivity contribution in [1.29, 1.82) is 0 Å². The van der Waals surface area contributed by atoms with E-state index in [1.54, 1.807) is 12.1 Å². The number of hydrogen-bond acceptors (Lipinski definition) is 2. The smallest absolute Gasteiger partial charge is 0.261 e. The third-order valence-corrected chi connectivity index (χ3v) is 4.33. The van der Waals surface area contributed by atoms with Crippen LogP contribution < -0.4 is 5.32 Å². The van der Waals surface area contributed by atoms with E-state index >= 15 is 0 Å². The highest BCUT2D eigenvalue weighted by Gasteiger charge is 2.10. The Hall–Kier alpha value is -1.68. The molecule has 1 N–H and O–H groups in total. The minimum absolute atomic E-state index is 0.0279. The fraction of sp³-hybridized carbons (Fsp3) is 0.312. The summed E-state index contributed by atoms with van der Waals surface area (Å²) in [4.78, 5) is 14.0. The first-order chi connectivity index (χ1) is 9.60. The molecular formula is C16H18FNOS. The summed E-state index contributed by atoms with van der Waals surface area (Å²) in [6.07, 6.45) is 1.65. The lowest BCUT2D eigenvalue weighted by atomic mass is 10.1. The van der Waals surface area contributed by atoms with Gasteiger partial charge in [0.05, 0.1) is 4.88 Å². The average molecular weight is 291 g/mol. The first-order valence-corrected chi connectivity index (χ1v) is 7.53. The number of nitrogens with one attached hydrogen (secondary N) is 1. The highest BCUT2D eigenvalue weighted by atomic mass is 32.1. The van der Waals surface area contributed by atoms with E-state index in [2.05, 4.69) is 12.2 Å². The molecule has 0 saturated carbocycles. The molecule has 20 heavy (non-hydrogen) atoms. The van der Waals surface area contributed by atoms with Crippen molar-refractivity contribution in [2.24, 2.45) is 0 Å². The van der Waals surface area contributed by atoms with Gasteiger partial charge < -0.3 is 5.32 Å². The summed E-state index contributed by atoms with van der Waals surface area (Å²) >= 11 is 1.53. The fourth-order valence-corrected chi connectivity index (χ4v) is 3.07. The molecule has 0 bridgehead atoms. The third kappa shape index (κ3) is 3.67. The Morgan fingerprint density at radius 1 is 1.30 bits per heavy atom. The maximum atomic E-state index is 12.8. The lowest BCUT2D eigenvalue weighted by molar-refractivity contribution is 0.0958. The number of carbonyl (C=O) groups is 1. The molecule has 4 heteroatoms. The molecule has 106 valence electrons. The number of halogens is 1. The van der Waals surface area contributed by atoms with Crippen molar-refractivity contribution in [3.8, 4) is 0 Å². The van der Waals surface area contributed by atoms with Crippen LogP contribution in [0.5, 0.6) is 0 Å². The molecule has 1 heterocycles. The second kappa shape index (κ2) is 6.66. The van der Waals surface area contributed by atoms with Gasteiger partial charge in [-0.15, -0.1) is 11.3 Å². The summed E-state index contributed by atoms with van der Waals surface area (Å²) in [6.45, 7) is 4.69. The maximum absolute atomic E-state index is 12.8. The molecule has 2 nitrogen and oxygen atoms in total. The predicted octanol–water partition coefficient (Wildman–Crippen LogP) is 3.73. The van der Waals surface area contributed by atoms with Gasteiger partial charge in [-0.3, -0.25) is 4.79 Å². The van der Waals surface area contributed by atoms with Crippen LogP contribution in [0, 0.1) is 12.7 Å². The number of amides is 1. The zero-order valence-corrected chi connectivity index (χ0v) is 12.5. The number of carbonyl (C=O) groups excluding carboxylic acids is 1. The minimum atomic E-state index is -0.237. The van der Waals surface area contributed by atoms with Gasteiger partial charge in [0.1, 0.15) is 5.82 Å². The lowest BCUT2D eigenvalue weighted by Gasteiger charge is -2.03. The number of benzene rings is 1. The van der Waals surface area contributed by atoms with Gasteiger partial charge in [-0.1, -0.05) is 19.1 Å². The van der Waals surface area contributed by atoms with Gasteiger partial charge >= 0.3 is 0 Å². The van der Waals surface area contributed by atoms with Crippen molar-refractivity contribution < 1.29 is 9.18 Å². The summed E-state index contributed by atoms with van der Waals surface area (Å²) in [5, 5.41) is 2.90. The van der Waals surface area contributed by atoms with Crippen LogP contribution >= 0.6 is 11.3 Å². The normalized spacial score (nSPS) is 10.6. The summed E-state index contributed by atoms with van der Waals surface area (Å²) in [7, 11) is 0. The number of aryl methyl sites for hydroxylation is 2. The number of hydrogen-bond donors (Lipinski definition) is 1. The van der Waals surface area contributed by atoms with Crippen LogP contribution in [-0.2, 0) is 12.8 Å². The van der Waals surface area contributed by atoms with Crippen LogP contribution in [0.3, 0.4) is 0 Å². The molecule has 1 amide bonds. The van der Waals surface area contributed by atoms with E-state index in [9.17, 15) is 9.18 Å². The first-order valence-electron chi connectivity index (χ1n) is 6.72. The molecule has 2 aromatic rings. The Kier molecular flexibility index (Phi) is 4.90. The van der Waals surface area contributed by atoms with E-state index in [-0.39, 0.29) is 11.7 Å². The van der Waals surface area contributed by atoms with E-state index in [0.717, 1.165) is 16.9 Å². The molecule has 0 aliphatic heterocycles. The molecule has 0 atom stereocenters. The van der Waals surface area contributed by atoms with Crippen molar-refractivity contribution in [2.45, 2.75) is 26.7 Å². The molecular weight excluding hydrogens is 273 g/mol. The molecule has 0 unspecified atom stereocenters. The topological polar surface area (TPSA) is 29.1 Å². The molecule has 0 fully saturated rings. The zero-order valence-electron chi connectivity index (χ0n) is 11.7. The van der Waals surface area contributed by atoms with Crippen LogP contribution in [0.1, 0.15) is 32.6 Å². The largest absolute Gasteiger partial charge is 0.351 e. The van der Waals surface area contributed by atoms with Crippen molar-refractivity contribution in [2.75, 3.05) is 6.54 Å². The van der Waals surface area contributed by atoms with Crippen LogP contribution in [0.25, 0.3) is 0 Å². The molecule has 1 aromatic heterocycles. The predicted molar refractivity (Wildman–Crippen MR) is 80.9 cm³/mol. The Morgan fingerprint density at radius 3 is 2.60 bits per heavy atom. The molecule has 2 rings (SSSR count). The van der Waals surface area contributed by atoms with Crippen LogP contribution in [-0.4, -0.2) is 12.5 Å². The van der Waals surface area contributed by atoms with Crippen molar-refractivity contribution in [3.05, 3.63) is 57.0 Å². The van der Waals surface area contributed by atoms with Gasteiger partial charge in [-0.2, -0.15) is 0 Å². The lowest BCUT2D eigenvalue weighted by Crippen LogP contribution is -2.24.